The second-order valence-electron chi connectivity index (χ2n) is 10.3. The van der Waals surface area contributed by atoms with Crippen LogP contribution in [-0.4, -0.2) is 110 Å². The molecule has 0 aliphatic carbocycles. The standard InChI is InChI=1S/C27H42N4O4/c1-34-26(32)8-5-12-28-16-18-30(19-17-28)21-25-22-31(27(33)35-25)15-11-23-9-13-29(14-10-23)20-24-6-3-2-4-7-24/h2-4,6-7,23,25H,5,8-22H2,1H3. The van der Waals surface area contributed by atoms with Crippen LogP contribution in [0.5, 0.6) is 0 Å². The molecule has 8 nitrogen and oxygen atoms in total. The fraction of sp³-hybridized carbons (Fsp3) is 0.704. The molecular formula is C27H42N4O4. The lowest BCUT2D eigenvalue weighted by atomic mass is 9.93. The third-order valence-electron chi connectivity index (χ3n) is 7.72. The van der Waals surface area contributed by atoms with Gasteiger partial charge in [-0.05, 0) is 56.8 Å². The van der Waals surface area contributed by atoms with Crippen molar-refractivity contribution in [3.63, 3.8) is 0 Å². The van der Waals surface area contributed by atoms with E-state index in [9.17, 15) is 9.59 Å². The molecule has 1 amide bonds. The number of nitrogens with zero attached hydrogens (tertiary/aromatic N) is 4. The van der Waals surface area contributed by atoms with E-state index in [1.807, 2.05) is 4.90 Å². The van der Waals surface area contributed by atoms with E-state index >= 15 is 0 Å². The van der Waals surface area contributed by atoms with Crippen LogP contribution in [0.3, 0.4) is 0 Å². The molecule has 0 bridgehead atoms. The Morgan fingerprint density at radius 3 is 2.40 bits per heavy atom. The molecule has 1 unspecified atom stereocenters. The Balaban J connectivity index is 1.08. The lowest BCUT2D eigenvalue weighted by Gasteiger charge is -2.35. The van der Waals surface area contributed by atoms with Gasteiger partial charge in [0.1, 0.15) is 6.10 Å². The van der Waals surface area contributed by atoms with Crippen LogP contribution in [0.1, 0.15) is 37.7 Å². The zero-order valence-electron chi connectivity index (χ0n) is 21.3. The highest BCUT2D eigenvalue weighted by Gasteiger charge is 2.33. The van der Waals surface area contributed by atoms with Gasteiger partial charge in [-0.1, -0.05) is 30.3 Å². The summed E-state index contributed by atoms with van der Waals surface area (Å²) in [5.41, 5.74) is 1.39. The van der Waals surface area contributed by atoms with Crippen molar-refractivity contribution in [2.45, 2.75) is 44.8 Å². The lowest BCUT2D eigenvalue weighted by Crippen LogP contribution is -2.49. The van der Waals surface area contributed by atoms with Crippen LogP contribution in [-0.2, 0) is 20.8 Å². The Morgan fingerprint density at radius 2 is 1.69 bits per heavy atom. The molecule has 0 saturated carbocycles. The molecule has 3 heterocycles. The first-order valence-electron chi connectivity index (χ1n) is 13.3. The first kappa shape index (κ1) is 25.9. The molecule has 194 valence electrons. The van der Waals surface area contributed by atoms with Crippen LogP contribution in [0, 0.1) is 5.92 Å². The molecule has 0 radical (unpaired) electrons. The largest absolute Gasteiger partial charge is 0.469 e. The molecule has 1 aromatic rings. The molecule has 8 heteroatoms. The van der Waals surface area contributed by atoms with Gasteiger partial charge < -0.3 is 19.3 Å². The van der Waals surface area contributed by atoms with Crippen molar-refractivity contribution in [2.75, 3.05) is 72.6 Å². The van der Waals surface area contributed by atoms with Crippen molar-refractivity contribution in [2.24, 2.45) is 5.92 Å². The van der Waals surface area contributed by atoms with Crippen LogP contribution in [0.2, 0.25) is 0 Å². The highest BCUT2D eigenvalue weighted by Crippen LogP contribution is 2.23. The maximum absolute atomic E-state index is 12.4. The Morgan fingerprint density at radius 1 is 0.971 bits per heavy atom. The van der Waals surface area contributed by atoms with Crippen LogP contribution in [0.4, 0.5) is 4.79 Å². The van der Waals surface area contributed by atoms with Crippen LogP contribution in [0.25, 0.3) is 0 Å². The molecule has 0 spiro atoms. The van der Waals surface area contributed by atoms with E-state index in [1.165, 1.54) is 25.5 Å². The van der Waals surface area contributed by atoms with Gasteiger partial charge in [-0.25, -0.2) is 4.79 Å². The maximum Gasteiger partial charge on any atom is 0.410 e. The van der Waals surface area contributed by atoms with Crippen LogP contribution < -0.4 is 0 Å². The fourth-order valence-electron chi connectivity index (χ4n) is 5.50. The number of rotatable bonds is 11. The van der Waals surface area contributed by atoms with Gasteiger partial charge in [-0.2, -0.15) is 0 Å². The molecule has 1 aromatic carbocycles. The number of ether oxygens (including phenoxy) is 2. The topological polar surface area (TPSA) is 65.6 Å². The summed E-state index contributed by atoms with van der Waals surface area (Å²) in [7, 11) is 1.44. The van der Waals surface area contributed by atoms with Gasteiger partial charge in [0, 0.05) is 52.2 Å². The van der Waals surface area contributed by atoms with Gasteiger partial charge in [0.15, 0.2) is 0 Å². The number of carbonyl (C=O) groups excluding carboxylic acids is 2. The van der Waals surface area contributed by atoms with E-state index in [4.69, 9.17) is 9.47 Å². The van der Waals surface area contributed by atoms with Gasteiger partial charge in [0.05, 0.1) is 13.7 Å². The zero-order valence-corrected chi connectivity index (χ0v) is 21.3. The van der Waals surface area contributed by atoms with Crippen molar-refractivity contribution in [1.82, 2.24) is 19.6 Å². The van der Waals surface area contributed by atoms with Crippen molar-refractivity contribution >= 4 is 12.1 Å². The van der Waals surface area contributed by atoms with E-state index in [0.29, 0.717) is 18.9 Å². The Labute approximate surface area is 210 Å². The minimum absolute atomic E-state index is 0.0268. The summed E-state index contributed by atoms with van der Waals surface area (Å²) in [4.78, 5) is 33.0. The summed E-state index contributed by atoms with van der Waals surface area (Å²) < 4.78 is 10.4. The minimum atomic E-state index is -0.141. The van der Waals surface area contributed by atoms with Crippen molar-refractivity contribution in [3.05, 3.63) is 35.9 Å². The second kappa shape index (κ2) is 13.2. The highest BCUT2D eigenvalue weighted by molar-refractivity contribution is 5.70. The Kier molecular flexibility index (Phi) is 9.80. The zero-order chi connectivity index (χ0) is 24.5. The normalized spacial score (nSPS) is 22.9. The first-order chi connectivity index (χ1) is 17.1. The number of piperidine rings is 1. The SMILES string of the molecule is COC(=O)CCCN1CCN(CC2CN(CCC3CCN(Cc4ccccc4)CC3)C(=O)O2)CC1. The number of likely N-dealkylation sites (tertiary alicyclic amines) is 1. The fourth-order valence-corrected chi connectivity index (χ4v) is 5.50. The van der Waals surface area contributed by atoms with Crippen LogP contribution >= 0.6 is 0 Å². The molecule has 0 aromatic heterocycles. The number of cyclic esters (lactones) is 1. The number of piperazine rings is 1. The monoisotopic (exact) mass is 486 g/mol. The summed E-state index contributed by atoms with van der Waals surface area (Å²) >= 11 is 0. The number of hydrogen-bond donors (Lipinski definition) is 0. The quantitative estimate of drug-likeness (QED) is 0.446. The number of esters is 1. The molecule has 3 aliphatic rings. The van der Waals surface area contributed by atoms with Crippen molar-refractivity contribution < 1.29 is 19.1 Å². The third-order valence-corrected chi connectivity index (χ3v) is 7.72. The number of methoxy groups -OCH3 is 1. The summed E-state index contributed by atoms with van der Waals surface area (Å²) in [6, 6.07) is 10.7. The van der Waals surface area contributed by atoms with Gasteiger partial charge >= 0.3 is 12.1 Å². The van der Waals surface area contributed by atoms with E-state index in [1.54, 1.807) is 0 Å². The molecule has 0 N–H and O–H groups in total. The molecule has 3 aliphatic heterocycles. The van der Waals surface area contributed by atoms with E-state index < -0.39 is 0 Å². The van der Waals surface area contributed by atoms with Gasteiger partial charge in [0.25, 0.3) is 0 Å². The number of amides is 1. The lowest BCUT2D eigenvalue weighted by molar-refractivity contribution is -0.140. The van der Waals surface area contributed by atoms with Crippen molar-refractivity contribution in [3.8, 4) is 0 Å². The molecule has 4 rings (SSSR count). The predicted molar refractivity (Wildman–Crippen MR) is 135 cm³/mol. The van der Waals surface area contributed by atoms with Gasteiger partial charge in [-0.15, -0.1) is 0 Å². The number of carbonyl (C=O) groups is 2. The second-order valence-corrected chi connectivity index (χ2v) is 10.3. The third kappa shape index (κ3) is 8.19. The average molecular weight is 487 g/mol. The van der Waals surface area contributed by atoms with Gasteiger partial charge in [-0.3, -0.25) is 14.6 Å². The molecule has 1 atom stereocenters. The summed E-state index contributed by atoms with van der Waals surface area (Å²) in [6.07, 6.45) is 4.65. The number of hydrogen-bond acceptors (Lipinski definition) is 7. The average Bonchev–Trinajstić information content (AvgIpc) is 3.23. The minimum Gasteiger partial charge on any atom is -0.469 e. The summed E-state index contributed by atoms with van der Waals surface area (Å²) in [6.45, 7) is 10.5. The smallest absolute Gasteiger partial charge is 0.410 e. The number of benzene rings is 1. The Hall–Kier alpha value is -2.16. The van der Waals surface area contributed by atoms with Crippen molar-refractivity contribution in [1.29, 1.82) is 0 Å². The highest BCUT2D eigenvalue weighted by atomic mass is 16.6. The van der Waals surface area contributed by atoms with E-state index in [0.717, 1.165) is 78.3 Å². The predicted octanol–water partition coefficient (Wildman–Crippen LogP) is 2.68. The Bertz CT molecular complexity index is 792. The van der Waals surface area contributed by atoms with E-state index in [2.05, 4.69) is 45.0 Å². The van der Waals surface area contributed by atoms with Gasteiger partial charge in [0.2, 0.25) is 0 Å². The molecule has 3 fully saturated rings. The molecule has 35 heavy (non-hydrogen) atoms. The maximum atomic E-state index is 12.4. The van der Waals surface area contributed by atoms with E-state index in [-0.39, 0.29) is 18.2 Å². The molecular weight excluding hydrogens is 444 g/mol. The molecule has 3 saturated heterocycles. The summed E-state index contributed by atoms with van der Waals surface area (Å²) in [5.74, 6) is 0.561. The van der Waals surface area contributed by atoms with Crippen LogP contribution in [0.15, 0.2) is 30.3 Å². The first-order valence-corrected chi connectivity index (χ1v) is 13.3. The summed E-state index contributed by atoms with van der Waals surface area (Å²) in [5, 5.41) is 0.